The molecule has 0 aliphatic rings. The standard InChI is InChI=1S/C13H25N5O6.Gd/c1-14-10(19)4-16(3)8-18(7-13(23)24)9-17(6-12(21)22)5-11(20)15-2;/h4-9H2,1-3H3,(H,14,19)(H,15,20)(H,21,22)(H,23,24);/q;+3/p-2. The molecule has 0 bridgehead atoms. The molecule has 0 aliphatic heterocycles. The van der Waals surface area contributed by atoms with Crippen LogP contribution in [0.15, 0.2) is 0 Å². The van der Waals surface area contributed by atoms with E-state index in [1.54, 1.807) is 11.9 Å². The number of aliphatic carboxylic acids is 2. The van der Waals surface area contributed by atoms with Crippen molar-refractivity contribution in [2.45, 2.75) is 0 Å². The maximum absolute atomic E-state index is 11.4. The van der Waals surface area contributed by atoms with Gasteiger partial charge in [0.1, 0.15) is 0 Å². The molecule has 1 radical (unpaired) electrons. The number of likely N-dealkylation sites (N-methyl/N-ethyl adjacent to an activating group) is 3. The van der Waals surface area contributed by atoms with Crippen molar-refractivity contribution in [1.82, 2.24) is 25.3 Å². The zero-order valence-corrected chi connectivity index (χ0v) is 16.7. The van der Waals surface area contributed by atoms with E-state index in [9.17, 15) is 29.4 Å². The summed E-state index contributed by atoms with van der Waals surface area (Å²) >= 11 is 0. The Hall–Kier alpha value is -0.915. The third-order valence-electron chi connectivity index (χ3n) is 2.89. The zero-order chi connectivity index (χ0) is 18.7. The number of amides is 2. The van der Waals surface area contributed by atoms with Crippen LogP contribution < -0.4 is 20.8 Å². The van der Waals surface area contributed by atoms with Crippen LogP contribution in [-0.2, 0) is 19.2 Å². The average molecular weight is 503 g/mol. The van der Waals surface area contributed by atoms with Crippen molar-refractivity contribution in [3.05, 3.63) is 0 Å². The number of nitrogens with zero attached hydrogens (tertiary/aromatic N) is 3. The van der Waals surface area contributed by atoms with Crippen LogP contribution in [-0.4, -0.2) is 99.1 Å². The summed E-state index contributed by atoms with van der Waals surface area (Å²) in [5.74, 6) is -3.45. The van der Waals surface area contributed by atoms with Crippen LogP contribution >= 0.6 is 0 Å². The van der Waals surface area contributed by atoms with E-state index in [4.69, 9.17) is 0 Å². The molecule has 12 heteroatoms. The van der Waals surface area contributed by atoms with Crippen LogP contribution in [0.25, 0.3) is 0 Å². The third kappa shape index (κ3) is 14.0. The molecule has 0 aromatic carbocycles. The van der Waals surface area contributed by atoms with Gasteiger partial charge < -0.3 is 30.4 Å². The number of hydrogen-bond acceptors (Lipinski definition) is 9. The fourth-order valence-electron chi connectivity index (χ4n) is 1.95. The van der Waals surface area contributed by atoms with Gasteiger partial charge in [0, 0.05) is 27.2 Å². The van der Waals surface area contributed by atoms with Crippen LogP contribution in [0.3, 0.4) is 0 Å². The Morgan fingerprint density at radius 1 is 0.760 bits per heavy atom. The Bertz CT molecular complexity index is 464. The topological polar surface area (TPSA) is 148 Å². The summed E-state index contributed by atoms with van der Waals surface area (Å²) in [6.45, 7) is -1.33. The fourth-order valence-corrected chi connectivity index (χ4v) is 1.95. The second kappa shape index (κ2) is 14.3. The van der Waals surface area contributed by atoms with Gasteiger partial charge in [0.15, 0.2) is 0 Å². The minimum absolute atomic E-state index is 0. The van der Waals surface area contributed by atoms with Gasteiger partial charge in [-0.05, 0) is 7.05 Å². The van der Waals surface area contributed by atoms with Crippen LogP contribution in [0.5, 0.6) is 0 Å². The Morgan fingerprint density at radius 3 is 1.64 bits per heavy atom. The van der Waals surface area contributed by atoms with Gasteiger partial charge >= 0.3 is 39.9 Å². The predicted molar refractivity (Wildman–Crippen MR) is 78.8 cm³/mol. The van der Waals surface area contributed by atoms with Gasteiger partial charge in [0.05, 0.1) is 38.4 Å². The van der Waals surface area contributed by atoms with Crippen molar-refractivity contribution in [2.75, 3.05) is 60.7 Å². The molecular weight excluding hydrogens is 479 g/mol. The number of carbonyl (C=O) groups excluding carboxylic acids is 4. The minimum Gasteiger partial charge on any atom is -0.549 e. The molecule has 0 aromatic rings. The molecule has 0 rings (SSSR count). The molecule has 0 saturated heterocycles. The molecule has 0 spiro atoms. The summed E-state index contributed by atoms with van der Waals surface area (Å²) in [7, 11) is 4.47. The van der Waals surface area contributed by atoms with Crippen molar-refractivity contribution >= 4 is 23.8 Å². The summed E-state index contributed by atoms with van der Waals surface area (Å²) < 4.78 is 0. The molecule has 0 heterocycles. The van der Waals surface area contributed by atoms with Gasteiger partial charge in [0.2, 0.25) is 11.8 Å². The van der Waals surface area contributed by atoms with Crippen LogP contribution in [0.1, 0.15) is 0 Å². The van der Waals surface area contributed by atoms with E-state index in [0.717, 1.165) is 0 Å². The molecule has 0 unspecified atom stereocenters. The van der Waals surface area contributed by atoms with Crippen molar-refractivity contribution in [3.63, 3.8) is 0 Å². The minimum atomic E-state index is -1.40. The largest absolute Gasteiger partial charge is 3.00 e. The summed E-state index contributed by atoms with van der Waals surface area (Å²) in [6.07, 6.45) is 0. The predicted octanol–water partition coefficient (Wildman–Crippen LogP) is -5.57. The SMILES string of the molecule is CNC(=O)CN(C)CN(CC(=O)[O-])CN(CC(=O)[O-])CC(=O)NC.[Gd+3]. The Kier molecular flexibility index (Phi) is 15.0. The molecule has 0 aliphatic carbocycles. The Balaban J connectivity index is 0. The fraction of sp³-hybridized carbons (Fsp3) is 0.692. The van der Waals surface area contributed by atoms with Crippen LogP contribution in [0.4, 0.5) is 0 Å². The van der Waals surface area contributed by atoms with E-state index >= 15 is 0 Å². The molecule has 0 aromatic heterocycles. The monoisotopic (exact) mass is 503 g/mol. The number of carbonyl (C=O) groups is 4. The number of carboxylic acids is 2. The van der Waals surface area contributed by atoms with Gasteiger partial charge in [-0.3, -0.25) is 24.3 Å². The number of carboxylic acid groups (broad SMARTS) is 2. The summed E-state index contributed by atoms with van der Waals surface area (Å²) in [6, 6.07) is 0. The van der Waals surface area contributed by atoms with Crippen molar-refractivity contribution in [1.29, 1.82) is 0 Å². The van der Waals surface area contributed by atoms with Crippen molar-refractivity contribution < 1.29 is 69.3 Å². The zero-order valence-electron chi connectivity index (χ0n) is 14.4. The third-order valence-corrected chi connectivity index (χ3v) is 2.89. The van der Waals surface area contributed by atoms with Gasteiger partial charge in [-0.15, -0.1) is 0 Å². The molecule has 0 saturated carbocycles. The molecule has 2 amide bonds. The van der Waals surface area contributed by atoms with Gasteiger partial charge in [-0.1, -0.05) is 0 Å². The smallest absolute Gasteiger partial charge is 0.549 e. The number of nitrogens with one attached hydrogen (secondary N) is 2. The van der Waals surface area contributed by atoms with E-state index in [2.05, 4.69) is 10.6 Å². The van der Waals surface area contributed by atoms with Gasteiger partial charge in [-0.25, -0.2) is 0 Å². The molecule has 0 fully saturated rings. The van der Waals surface area contributed by atoms with E-state index in [1.165, 1.54) is 23.9 Å². The molecular formula is C13H23GdN5O6+. The Labute approximate surface area is 178 Å². The van der Waals surface area contributed by atoms with Crippen molar-refractivity contribution in [3.8, 4) is 0 Å². The molecule has 0 atom stereocenters. The maximum Gasteiger partial charge on any atom is 3.00 e. The molecule has 11 nitrogen and oxygen atoms in total. The van der Waals surface area contributed by atoms with E-state index in [0.29, 0.717) is 0 Å². The van der Waals surface area contributed by atoms with E-state index in [-0.39, 0.29) is 72.3 Å². The van der Waals surface area contributed by atoms with Crippen molar-refractivity contribution in [2.24, 2.45) is 0 Å². The second-order valence-corrected chi connectivity index (χ2v) is 5.20. The summed E-state index contributed by atoms with van der Waals surface area (Å²) in [4.78, 5) is 48.5. The van der Waals surface area contributed by atoms with Crippen LogP contribution in [0.2, 0.25) is 0 Å². The van der Waals surface area contributed by atoms with Crippen LogP contribution in [0, 0.1) is 39.9 Å². The number of rotatable bonds is 12. The second-order valence-electron chi connectivity index (χ2n) is 5.20. The molecule has 143 valence electrons. The van der Waals surface area contributed by atoms with E-state index in [1.807, 2.05) is 0 Å². The molecule has 2 N–H and O–H groups in total. The average Bonchev–Trinajstić information content (AvgIpc) is 2.44. The Morgan fingerprint density at radius 2 is 1.20 bits per heavy atom. The normalized spacial score (nSPS) is 10.5. The first kappa shape index (κ1) is 26.3. The summed E-state index contributed by atoms with van der Waals surface area (Å²) in [5, 5.41) is 26.5. The first-order chi connectivity index (χ1) is 11.2. The first-order valence-corrected chi connectivity index (χ1v) is 7.12. The maximum atomic E-state index is 11.4. The summed E-state index contributed by atoms with van der Waals surface area (Å²) in [5.41, 5.74) is 0. The van der Waals surface area contributed by atoms with E-state index < -0.39 is 30.9 Å². The number of hydrogen-bond donors (Lipinski definition) is 2. The molecule has 25 heavy (non-hydrogen) atoms. The van der Waals surface area contributed by atoms with Gasteiger partial charge in [-0.2, -0.15) is 0 Å². The quantitative estimate of drug-likeness (QED) is 0.249. The first-order valence-electron chi connectivity index (χ1n) is 7.12. The van der Waals surface area contributed by atoms with Gasteiger partial charge in [0.25, 0.3) is 0 Å².